The molecule has 0 saturated heterocycles. The maximum absolute atomic E-state index is 13.6. The molecule has 21 heavy (non-hydrogen) atoms. The Labute approximate surface area is 121 Å². The van der Waals surface area contributed by atoms with E-state index in [0.717, 1.165) is 17.7 Å². The van der Waals surface area contributed by atoms with Gasteiger partial charge in [-0.3, -0.25) is 4.72 Å². The number of halogens is 2. The number of anilines is 1. The molecule has 2 N–H and O–H groups in total. The maximum atomic E-state index is 13.6. The van der Waals surface area contributed by atoms with Crippen molar-refractivity contribution in [3.8, 4) is 5.75 Å². The summed E-state index contributed by atoms with van der Waals surface area (Å²) in [5, 5.41) is 9.67. The summed E-state index contributed by atoms with van der Waals surface area (Å²) in [4.78, 5) is -0.816. The van der Waals surface area contributed by atoms with Gasteiger partial charge in [-0.1, -0.05) is 13.0 Å². The number of aryl methyl sites for hydroxylation is 1. The van der Waals surface area contributed by atoms with E-state index in [4.69, 9.17) is 0 Å². The van der Waals surface area contributed by atoms with Crippen molar-refractivity contribution in [2.24, 2.45) is 0 Å². The smallest absolute Gasteiger partial charge is 0.265 e. The third kappa shape index (κ3) is 3.30. The molecule has 0 amide bonds. The molecular weight excluding hydrogens is 300 g/mol. The van der Waals surface area contributed by atoms with E-state index in [1.165, 1.54) is 12.1 Å². The number of rotatable bonds is 4. The molecule has 0 radical (unpaired) electrons. The van der Waals surface area contributed by atoms with Gasteiger partial charge in [0.2, 0.25) is 0 Å². The fourth-order valence-corrected chi connectivity index (χ4v) is 2.92. The Bertz CT molecular complexity index is 776. The molecule has 0 bridgehead atoms. The Morgan fingerprint density at radius 2 is 1.86 bits per heavy atom. The predicted molar refractivity (Wildman–Crippen MR) is 74.7 cm³/mol. The summed E-state index contributed by atoms with van der Waals surface area (Å²) in [6.45, 7) is 1.86. The Kier molecular flexibility index (Phi) is 4.13. The third-order valence-electron chi connectivity index (χ3n) is 2.90. The highest BCUT2D eigenvalue weighted by Crippen LogP contribution is 2.28. The lowest BCUT2D eigenvalue weighted by molar-refractivity contribution is 0.477. The van der Waals surface area contributed by atoms with Gasteiger partial charge in [0.05, 0.1) is 5.69 Å². The van der Waals surface area contributed by atoms with E-state index in [1.54, 1.807) is 6.07 Å². The van der Waals surface area contributed by atoms with Crippen molar-refractivity contribution >= 4 is 15.7 Å². The zero-order chi connectivity index (χ0) is 15.6. The molecule has 0 aromatic heterocycles. The van der Waals surface area contributed by atoms with Crippen molar-refractivity contribution in [3.05, 3.63) is 53.6 Å². The minimum atomic E-state index is -4.34. The van der Waals surface area contributed by atoms with E-state index in [0.29, 0.717) is 12.5 Å². The van der Waals surface area contributed by atoms with Crippen molar-refractivity contribution < 1.29 is 22.3 Å². The first-order valence-electron chi connectivity index (χ1n) is 6.13. The summed E-state index contributed by atoms with van der Waals surface area (Å²) in [7, 11) is -4.34. The normalized spacial score (nSPS) is 11.4. The molecule has 0 aliphatic heterocycles. The highest BCUT2D eigenvalue weighted by molar-refractivity contribution is 7.92. The Balaban J connectivity index is 2.44. The number of hydrogen-bond donors (Lipinski definition) is 2. The summed E-state index contributed by atoms with van der Waals surface area (Å²) < 4.78 is 52.9. The fraction of sp³-hybridized carbons (Fsp3) is 0.143. The van der Waals surface area contributed by atoms with Gasteiger partial charge in [-0.2, -0.15) is 0 Å². The van der Waals surface area contributed by atoms with Crippen LogP contribution >= 0.6 is 0 Å². The van der Waals surface area contributed by atoms with E-state index < -0.39 is 26.6 Å². The zero-order valence-corrected chi connectivity index (χ0v) is 11.9. The molecule has 0 aliphatic carbocycles. The van der Waals surface area contributed by atoms with Gasteiger partial charge >= 0.3 is 0 Å². The number of phenols is 1. The van der Waals surface area contributed by atoms with Crippen LogP contribution in [0.2, 0.25) is 0 Å². The summed E-state index contributed by atoms with van der Waals surface area (Å²) in [6.07, 6.45) is 0.628. The van der Waals surface area contributed by atoms with Crippen LogP contribution in [-0.4, -0.2) is 13.5 Å². The van der Waals surface area contributed by atoms with Crippen molar-refractivity contribution in [2.45, 2.75) is 18.2 Å². The van der Waals surface area contributed by atoms with Crippen molar-refractivity contribution in [2.75, 3.05) is 4.72 Å². The highest BCUT2D eigenvalue weighted by Gasteiger charge is 2.21. The third-order valence-corrected chi connectivity index (χ3v) is 4.28. The van der Waals surface area contributed by atoms with E-state index in [2.05, 4.69) is 4.72 Å². The van der Waals surface area contributed by atoms with Crippen molar-refractivity contribution in [3.63, 3.8) is 0 Å². The molecule has 0 aliphatic rings. The van der Waals surface area contributed by atoms with Crippen LogP contribution in [0.3, 0.4) is 0 Å². The van der Waals surface area contributed by atoms with Gasteiger partial charge in [0.1, 0.15) is 22.3 Å². The van der Waals surface area contributed by atoms with E-state index >= 15 is 0 Å². The molecular formula is C14H13F2NO3S. The zero-order valence-electron chi connectivity index (χ0n) is 11.1. The summed E-state index contributed by atoms with van der Waals surface area (Å²) in [5.41, 5.74) is 0.697. The topological polar surface area (TPSA) is 66.4 Å². The number of benzene rings is 2. The number of nitrogens with one attached hydrogen (secondary N) is 1. The van der Waals surface area contributed by atoms with E-state index in [1.807, 2.05) is 6.92 Å². The lowest BCUT2D eigenvalue weighted by Crippen LogP contribution is -2.15. The Morgan fingerprint density at radius 1 is 1.14 bits per heavy atom. The average Bonchev–Trinajstić information content (AvgIpc) is 2.43. The van der Waals surface area contributed by atoms with Crippen LogP contribution in [0.4, 0.5) is 14.5 Å². The fourth-order valence-electron chi connectivity index (χ4n) is 1.77. The largest absolute Gasteiger partial charge is 0.506 e. The second kappa shape index (κ2) is 5.69. The molecule has 2 rings (SSSR count). The minimum absolute atomic E-state index is 0.0852. The quantitative estimate of drug-likeness (QED) is 0.853. The first-order chi connectivity index (χ1) is 9.83. The first-order valence-corrected chi connectivity index (χ1v) is 7.61. The Hall–Kier alpha value is -2.15. The van der Waals surface area contributed by atoms with Crippen LogP contribution in [0, 0.1) is 11.6 Å². The van der Waals surface area contributed by atoms with Gasteiger partial charge in [-0.15, -0.1) is 0 Å². The molecule has 2 aromatic carbocycles. The molecule has 0 unspecified atom stereocenters. The minimum Gasteiger partial charge on any atom is -0.506 e. The van der Waals surface area contributed by atoms with Crippen molar-refractivity contribution in [1.29, 1.82) is 0 Å². The summed E-state index contributed by atoms with van der Waals surface area (Å²) >= 11 is 0. The molecule has 0 heterocycles. The molecule has 0 saturated carbocycles. The maximum Gasteiger partial charge on any atom is 0.265 e. The van der Waals surface area contributed by atoms with Gasteiger partial charge in [0.25, 0.3) is 10.0 Å². The van der Waals surface area contributed by atoms with Crippen LogP contribution in [-0.2, 0) is 16.4 Å². The number of hydrogen-bond acceptors (Lipinski definition) is 3. The molecule has 112 valence electrons. The Morgan fingerprint density at radius 3 is 2.52 bits per heavy atom. The molecule has 0 spiro atoms. The number of aromatic hydroxyl groups is 1. The molecule has 7 heteroatoms. The SMILES string of the molecule is CCc1ccc(O)c(NS(=O)(=O)c2cc(F)ccc2F)c1. The molecule has 0 atom stereocenters. The number of phenolic OH excluding ortho intramolecular Hbond substituents is 1. The van der Waals surface area contributed by atoms with Crippen LogP contribution < -0.4 is 4.72 Å². The van der Waals surface area contributed by atoms with Gasteiger partial charge in [-0.25, -0.2) is 17.2 Å². The van der Waals surface area contributed by atoms with Crippen LogP contribution in [0.25, 0.3) is 0 Å². The monoisotopic (exact) mass is 313 g/mol. The molecule has 4 nitrogen and oxygen atoms in total. The van der Waals surface area contributed by atoms with E-state index in [9.17, 15) is 22.3 Å². The lowest BCUT2D eigenvalue weighted by atomic mass is 10.1. The summed E-state index contributed by atoms with van der Waals surface area (Å²) in [6, 6.07) is 6.53. The van der Waals surface area contributed by atoms with Crippen LogP contribution in [0.15, 0.2) is 41.3 Å². The average molecular weight is 313 g/mol. The van der Waals surface area contributed by atoms with E-state index in [-0.39, 0.29) is 11.4 Å². The summed E-state index contributed by atoms with van der Waals surface area (Å²) in [5.74, 6) is -2.24. The second-order valence-corrected chi connectivity index (χ2v) is 6.04. The predicted octanol–water partition coefficient (Wildman–Crippen LogP) is 3.03. The highest BCUT2D eigenvalue weighted by atomic mass is 32.2. The first kappa shape index (κ1) is 15.2. The van der Waals surface area contributed by atoms with Gasteiger partial charge < -0.3 is 5.11 Å². The van der Waals surface area contributed by atoms with Crippen molar-refractivity contribution in [1.82, 2.24) is 0 Å². The van der Waals surface area contributed by atoms with Crippen LogP contribution in [0.5, 0.6) is 5.75 Å². The lowest BCUT2D eigenvalue weighted by Gasteiger charge is -2.11. The number of sulfonamides is 1. The standard InChI is InChI=1S/C14H13F2NO3S/c1-2-9-3-6-13(18)12(7-9)17-21(19,20)14-8-10(15)4-5-11(14)16/h3-8,17-18H,2H2,1H3. The van der Waals surface area contributed by atoms with Gasteiger partial charge in [-0.05, 0) is 42.3 Å². The molecule has 2 aromatic rings. The van der Waals surface area contributed by atoms with Crippen LogP contribution in [0.1, 0.15) is 12.5 Å². The second-order valence-electron chi connectivity index (χ2n) is 4.39. The van der Waals surface area contributed by atoms with Gasteiger partial charge in [0.15, 0.2) is 0 Å². The molecule has 0 fully saturated rings. The van der Waals surface area contributed by atoms with Gasteiger partial charge in [0, 0.05) is 0 Å².